The summed E-state index contributed by atoms with van der Waals surface area (Å²) in [4.78, 5) is 11.8. The molecule has 106 valence electrons. The fraction of sp³-hybridized carbons (Fsp3) is 0.545. The van der Waals surface area contributed by atoms with Gasteiger partial charge in [0, 0.05) is 13.1 Å². The highest BCUT2D eigenvalue weighted by atomic mass is 32.2. The Balaban J connectivity index is 0. The van der Waals surface area contributed by atoms with Gasteiger partial charge < -0.3 is 10.6 Å². The maximum absolute atomic E-state index is 9.47. The number of hydrogen-bond donors (Lipinski definition) is 2. The highest BCUT2D eigenvalue weighted by Gasteiger charge is 2.03. The standard InChI is InChI=1S/C7H13N.C3H5NO.CH4O3S/c1-2-8-6-4-3-5-7-8;1-2-3(4)5;1-5(2,3)4/h2H,1,3-7H2;2H,1H2,(H2,4,5);1H3,(H,2,3,4). The van der Waals surface area contributed by atoms with Crippen LogP contribution in [0.25, 0.3) is 0 Å². The van der Waals surface area contributed by atoms with Crippen molar-refractivity contribution in [1.29, 1.82) is 0 Å². The SMILES string of the molecule is C=CC(N)=O.C=CN1CCCCC1.CS(=O)(=O)O. The van der Waals surface area contributed by atoms with E-state index in [0.29, 0.717) is 6.26 Å². The van der Waals surface area contributed by atoms with Gasteiger partial charge in [-0.1, -0.05) is 13.2 Å². The first-order valence-electron chi connectivity index (χ1n) is 5.41. The van der Waals surface area contributed by atoms with Crippen LogP contribution in [0.3, 0.4) is 0 Å². The molecule has 1 heterocycles. The fourth-order valence-corrected chi connectivity index (χ4v) is 1.10. The van der Waals surface area contributed by atoms with Crippen LogP contribution in [0.5, 0.6) is 0 Å². The molecular formula is C11H22N2O4S. The molecule has 6 nitrogen and oxygen atoms in total. The van der Waals surface area contributed by atoms with E-state index in [9.17, 15) is 13.2 Å². The van der Waals surface area contributed by atoms with E-state index in [4.69, 9.17) is 4.55 Å². The molecule has 0 aromatic carbocycles. The summed E-state index contributed by atoms with van der Waals surface area (Å²) in [7, 11) is -3.67. The van der Waals surface area contributed by atoms with Crippen molar-refractivity contribution >= 4 is 16.0 Å². The van der Waals surface area contributed by atoms with Crippen LogP contribution in [0.2, 0.25) is 0 Å². The number of primary amides is 1. The minimum Gasteiger partial charge on any atom is -0.378 e. The van der Waals surface area contributed by atoms with Crippen molar-refractivity contribution in [1.82, 2.24) is 4.90 Å². The first-order chi connectivity index (χ1) is 8.20. The van der Waals surface area contributed by atoms with E-state index in [1.54, 1.807) is 0 Å². The second-order valence-electron chi connectivity index (χ2n) is 3.62. The molecule has 7 heteroatoms. The second-order valence-corrected chi connectivity index (χ2v) is 5.08. The lowest BCUT2D eigenvalue weighted by molar-refractivity contribution is -0.113. The van der Waals surface area contributed by atoms with Gasteiger partial charge in [-0.2, -0.15) is 8.42 Å². The van der Waals surface area contributed by atoms with Gasteiger partial charge in [-0.15, -0.1) is 0 Å². The van der Waals surface area contributed by atoms with E-state index in [2.05, 4.69) is 23.8 Å². The monoisotopic (exact) mass is 278 g/mol. The van der Waals surface area contributed by atoms with E-state index in [0.717, 1.165) is 6.08 Å². The first-order valence-corrected chi connectivity index (χ1v) is 7.26. The maximum Gasteiger partial charge on any atom is 0.261 e. The lowest BCUT2D eigenvalue weighted by Gasteiger charge is -2.23. The van der Waals surface area contributed by atoms with Gasteiger partial charge in [-0.25, -0.2) is 0 Å². The first kappa shape index (κ1) is 19.0. The van der Waals surface area contributed by atoms with Gasteiger partial charge in [-0.05, 0) is 31.5 Å². The number of hydrogen-bond acceptors (Lipinski definition) is 4. The molecule has 18 heavy (non-hydrogen) atoms. The minimum atomic E-state index is -3.67. The van der Waals surface area contributed by atoms with Gasteiger partial charge in [0.25, 0.3) is 10.1 Å². The smallest absolute Gasteiger partial charge is 0.261 e. The zero-order chi connectivity index (χ0) is 14.6. The van der Waals surface area contributed by atoms with Gasteiger partial charge >= 0.3 is 0 Å². The third kappa shape index (κ3) is 24.1. The van der Waals surface area contributed by atoms with Crippen LogP contribution in [-0.2, 0) is 14.9 Å². The van der Waals surface area contributed by atoms with Gasteiger partial charge in [0.1, 0.15) is 0 Å². The molecule has 0 aromatic rings. The predicted molar refractivity (Wildman–Crippen MR) is 72.5 cm³/mol. The Morgan fingerprint density at radius 1 is 1.28 bits per heavy atom. The number of rotatable bonds is 2. The van der Waals surface area contributed by atoms with E-state index >= 15 is 0 Å². The topological polar surface area (TPSA) is 101 Å². The third-order valence-electron chi connectivity index (χ3n) is 1.85. The van der Waals surface area contributed by atoms with Crippen LogP contribution >= 0.6 is 0 Å². The molecule has 3 N–H and O–H groups in total. The van der Waals surface area contributed by atoms with Crippen molar-refractivity contribution in [3.05, 3.63) is 25.4 Å². The highest BCUT2D eigenvalue weighted by Crippen LogP contribution is 2.07. The molecule has 0 radical (unpaired) electrons. The Morgan fingerprint density at radius 2 is 1.61 bits per heavy atom. The molecule has 0 spiro atoms. The molecule has 1 amide bonds. The number of nitrogens with zero attached hydrogens (tertiary/aromatic N) is 1. The van der Waals surface area contributed by atoms with E-state index in [1.807, 2.05) is 6.20 Å². The third-order valence-corrected chi connectivity index (χ3v) is 1.85. The van der Waals surface area contributed by atoms with Gasteiger partial charge in [0.2, 0.25) is 5.91 Å². The Hall–Kier alpha value is -1.34. The number of carbonyl (C=O) groups excluding carboxylic acids is 1. The lowest BCUT2D eigenvalue weighted by Crippen LogP contribution is -2.23. The summed E-state index contributed by atoms with van der Waals surface area (Å²) in [6, 6.07) is 0. The van der Waals surface area contributed by atoms with Crippen molar-refractivity contribution in [2.75, 3.05) is 19.3 Å². The van der Waals surface area contributed by atoms with Gasteiger partial charge in [-0.3, -0.25) is 9.35 Å². The minimum absolute atomic E-state index is 0.481. The predicted octanol–water partition coefficient (Wildman–Crippen LogP) is 0.778. The molecule has 0 aromatic heterocycles. The Labute approximate surface area is 109 Å². The zero-order valence-electron chi connectivity index (χ0n) is 10.7. The van der Waals surface area contributed by atoms with Gasteiger partial charge in [0.05, 0.1) is 6.26 Å². The molecule has 0 saturated carbocycles. The van der Waals surface area contributed by atoms with E-state index < -0.39 is 16.0 Å². The molecule has 1 fully saturated rings. The highest BCUT2D eigenvalue weighted by molar-refractivity contribution is 7.85. The summed E-state index contributed by atoms with van der Waals surface area (Å²) in [5, 5.41) is 0. The van der Waals surface area contributed by atoms with Crippen LogP contribution in [0, 0.1) is 0 Å². The molecule has 0 aliphatic carbocycles. The van der Waals surface area contributed by atoms with Gasteiger partial charge in [0.15, 0.2) is 0 Å². The molecule has 1 rings (SSSR count). The summed E-state index contributed by atoms with van der Waals surface area (Å²) >= 11 is 0. The summed E-state index contributed by atoms with van der Waals surface area (Å²) in [5.41, 5.74) is 4.53. The molecule has 1 aliphatic rings. The van der Waals surface area contributed by atoms with Crippen molar-refractivity contribution in [3.63, 3.8) is 0 Å². The Kier molecular flexibility index (Phi) is 11.4. The second kappa shape index (κ2) is 10.8. The Morgan fingerprint density at radius 3 is 1.78 bits per heavy atom. The summed E-state index contributed by atoms with van der Waals surface area (Å²) in [6.07, 6.45) is 7.83. The van der Waals surface area contributed by atoms with Crippen LogP contribution in [0.1, 0.15) is 19.3 Å². The van der Waals surface area contributed by atoms with E-state index in [-0.39, 0.29) is 0 Å². The maximum atomic E-state index is 9.47. The molecular weight excluding hydrogens is 256 g/mol. The summed E-state index contributed by atoms with van der Waals surface area (Å²) in [5.74, 6) is -0.481. The zero-order valence-corrected chi connectivity index (χ0v) is 11.5. The average Bonchev–Trinajstić information content (AvgIpc) is 2.28. The molecule has 0 unspecified atom stereocenters. The fourth-order valence-electron chi connectivity index (χ4n) is 1.10. The normalized spacial score (nSPS) is 14.2. The molecule has 1 aliphatic heterocycles. The molecule has 0 bridgehead atoms. The number of likely N-dealkylation sites (tertiary alicyclic amines) is 1. The number of carbonyl (C=O) groups is 1. The lowest BCUT2D eigenvalue weighted by atomic mass is 10.1. The summed E-state index contributed by atoms with van der Waals surface area (Å²) < 4.78 is 25.9. The Bertz CT molecular complexity index is 338. The largest absolute Gasteiger partial charge is 0.378 e. The van der Waals surface area contributed by atoms with Crippen molar-refractivity contribution in [2.45, 2.75) is 19.3 Å². The van der Waals surface area contributed by atoms with Crippen LogP contribution in [0.4, 0.5) is 0 Å². The van der Waals surface area contributed by atoms with E-state index in [1.165, 1.54) is 32.4 Å². The summed E-state index contributed by atoms with van der Waals surface area (Å²) in [6.45, 7) is 9.25. The number of piperidine rings is 1. The average molecular weight is 278 g/mol. The van der Waals surface area contributed by atoms with Crippen LogP contribution in [0.15, 0.2) is 25.4 Å². The quantitative estimate of drug-likeness (QED) is 0.574. The van der Waals surface area contributed by atoms with Crippen molar-refractivity contribution < 1.29 is 17.8 Å². The van der Waals surface area contributed by atoms with Crippen molar-refractivity contribution in [3.8, 4) is 0 Å². The molecule has 1 saturated heterocycles. The van der Waals surface area contributed by atoms with Crippen molar-refractivity contribution in [2.24, 2.45) is 5.73 Å². The number of amides is 1. The molecule has 0 atom stereocenters. The van der Waals surface area contributed by atoms with Crippen LogP contribution in [-0.4, -0.2) is 43.1 Å². The number of nitrogens with two attached hydrogens (primary N) is 1. The van der Waals surface area contributed by atoms with Crippen LogP contribution < -0.4 is 5.73 Å².